The van der Waals surface area contributed by atoms with Crippen molar-refractivity contribution in [3.05, 3.63) is 46.2 Å². The van der Waals surface area contributed by atoms with Gasteiger partial charge in [-0.05, 0) is 40.0 Å². The number of rotatable bonds is 3. The zero-order valence-electron chi connectivity index (χ0n) is 8.85. The molecule has 3 nitrogen and oxygen atoms in total. The molecule has 4 heteroatoms. The molecule has 0 radical (unpaired) electrons. The lowest BCUT2D eigenvalue weighted by molar-refractivity contribution is 0.112. The van der Waals surface area contributed by atoms with Gasteiger partial charge in [-0.1, -0.05) is 13.0 Å². The van der Waals surface area contributed by atoms with Crippen molar-refractivity contribution < 1.29 is 4.79 Å². The second kappa shape index (κ2) is 4.61. The number of carbonyl (C=O) groups is 1. The Balaban J connectivity index is 2.54. The predicted octanol–water partition coefficient (Wildman–Crippen LogP) is 3.01. The van der Waals surface area contributed by atoms with Crippen LogP contribution in [-0.4, -0.2) is 16.1 Å². The third-order valence-corrected chi connectivity index (χ3v) is 3.13. The molecule has 1 heterocycles. The quantitative estimate of drug-likeness (QED) is 0.809. The van der Waals surface area contributed by atoms with E-state index < -0.39 is 0 Å². The van der Waals surface area contributed by atoms with Gasteiger partial charge in [-0.2, -0.15) is 5.10 Å². The maximum atomic E-state index is 11.0. The van der Waals surface area contributed by atoms with Crippen molar-refractivity contribution in [3.63, 3.8) is 0 Å². The summed E-state index contributed by atoms with van der Waals surface area (Å²) < 4.78 is 2.52. The number of halogens is 1. The number of aldehydes is 1. The second-order valence-corrected chi connectivity index (χ2v) is 4.29. The number of nitrogens with zero attached hydrogens (tertiary/aromatic N) is 2. The Labute approximate surface area is 102 Å². The van der Waals surface area contributed by atoms with Crippen LogP contribution in [0.5, 0.6) is 0 Å². The molecule has 1 aromatic heterocycles. The van der Waals surface area contributed by atoms with Crippen molar-refractivity contribution in [1.29, 1.82) is 0 Å². The highest BCUT2D eigenvalue weighted by Crippen LogP contribution is 2.21. The van der Waals surface area contributed by atoms with E-state index in [0.29, 0.717) is 5.56 Å². The Hall–Kier alpha value is -1.42. The van der Waals surface area contributed by atoms with E-state index >= 15 is 0 Å². The molecule has 0 aliphatic heterocycles. The van der Waals surface area contributed by atoms with Gasteiger partial charge in [-0.15, -0.1) is 0 Å². The van der Waals surface area contributed by atoms with Gasteiger partial charge >= 0.3 is 0 Å². The Morgan fingerprint density at radius 2 is 2.31 bits per heavy atom. The van der Waals surface area contributed by atoms with Crippen LogP contribution in [0.3, 0.4) is 0 Å². The summed E-state index contributed by atoms with van der Waals surface area (Å²) in [5.41, 5.74) is 2.56. The molecule has 1 aromatic carbocycles. The third kappa shape index (κ3) is 1.93. The van der Waals surface area contributed by atoms with E-state index in [1.807, 2.05) is 30.6 Å². The lowest BCUT2D eigenvalue weighted by Crippen LogP contribution is -2.00. The largest absolute Gasteiger partial charge is 0.298 e. The second-order valence-electron chi connectivity index (χ2n) is 3.44. The number of aryl methyl sites for hydroxylation is 1. The van der Waals surface area contributed by atoms with E-state index in [1.165, 1.54) is 0 Å². The van der Waals surface area contributed by atoms with Crippen molar-refractivity contribution in [2.24, 2.45) is 0 Å². The van der Waals surface area contributed by atoms with Crippen LogP contribution in [0.4, 0.5) is 0 Å². The summed E-state index contributed by atoms with van der Waals surface area (Å²) in [6, 6.07) is 5.61. The molecule has 0 fully saturated rings. The molecular formula is C12H11BrN2O. The SMILES string of the molecule is CCc1cnn(-c2cccc(Br)c2C=O)c1. The smallest absolute Gasteiger partial charge is 0.153 e. The highest BCUT2D eigenvalue weighted by molar-refractivity contribution is 9.10. The van der Waals surface area contributed by atoms with Gasteiger partial charge in [0.25, 0.3) is 0 Å². The normalized spacial score (nSPS) is 10.4. The average Bonchev–Trinajstić information content (AvgIpc) is 2.77. The van der Waals surface area contributed by atoms with Gasteiger partial charge in [-0.3, -0.25) is 4.79 Å². The van der Waals surface area contributed by atoms with Crippen LogP contribution in [0.25, 0.3) is 5.69 Å². The Bertz CT molecular complexity index is 519. The number of hydrogen-bond acceptors (Lipinski definition) is 2. The van der Waals surface area contributed by atoms with Crippen molar-refractivity contribution in [1.82, 2.24) is 9.78 Å². The van der Waals surface area contributed by atoms with Crippen LogP contribution in [0.2, 0.25) is 0 Å². The Morgan fingerprint density at radius 3 is 2.94 bits per heavy atom. The minimum Gasteiger partial charge on any atom is -0.298 e. The van der Waals surface area contributed by atoms with Crippen molar-refractivity contribution >= 4 is 22.2 Å². The lowest BCUT2D eigenvalue weighted by atomic mass is 10.2. The third-order valence-electron chi connectivity index (χ3n) is 2.44. The molecule has 0 N–H and O–H groups in total. The first kappa shape index (κ1) is 11.1. The first-order valence-corrected chi connectivity index (χ1v) is 5.83. The van der Waals surface area contributed by atoms with E-state index in [-0.39, 0.29) is 0 Å². The molecule has 0 unspecified atom stereocenters. The van der Waals surface area contributed by atoms with E-state index in [0.717, 1.165) is 28.4 Å². The monoisotopic (exact) mass is 278 g/mol. The maximum Gasteiger partial charge on any atom is 0.153 e. The molecule has 0 spiro atoms. The molecule has 0 aliphatic rings. The van der Waals surface area contributed by atoms with Gasteiger partial charge in [-0.25, -0.2) is 4.68 Å². The van der Waals surface area contributed by atoms with E-state index in [1.54, 1.807) is 4.68 Å². The molecular weight excluding hydrogens is 268 g/mol. The fourth-order valence-corrected chi connectivity index (χ4v) is 1.97. The molecule has 0 amide bonds. The Morgan fingerprint density at radius 1 is 1.50 bits per heavy atom. The standard InChI is InChI=1S/C12H11BrN2O/c1-2-9-6-14-15(7-9)12-5-3-4-11(13)10(12)8-16/h3-8H,2H2,1H3. The number of hydrogen-bond donors (Lipinski definition) is 0. The van der Waals surface area contributed by atoms with Crippen molar-refractivity contribution in [3.8, 4) is 5.69 Å². The fraction of sp³-hybridized carbons (Fsp3) is 0.167. The van der Waals surface area contributed by atoms with Gasteiger partial charge in [0.15, 0.2) is 6.29 Å². The summed E-state index contributed by atoms with van der Waals surface area (Å²) in [7, 11) is 0. The van der Waals surface area contributed by atoms with E-state index in [9.17, 15) is 4.79 Å². The van der Waals surface area contributed by atoms with Crippen LogP contribution in [0, 0.1) is 0 Å². The zero-order chi connectivity index (χ0) is 11.5. The summed E-state index contributed by atoms with van der Waals surface area (Å²) in [5, 5.41) is 4.24. The number of benzene rings is 1. The average molecular weight is 279 g/mol. The van der Waals surface area contributed by atoms with Crippen molar-refractivity contribution in [2.75, 3.05) is 0 Å². The molecule has 0 bridgehead atoms. The van der Waals surface area contributed by atoms with Crippen LogP contribution in [0.1, 0.15) is 22.8 Å². The first-order valence-electron chi connectivity index (χ1n) is 5.04. The topological polar surface area (TPSA) is 34.9 Å². The molecule has 16 heavy (non-hydrogen) atoms. The van der Waals surface area contributed by atoms with E-state index in [4.69, 9.17) is 0 Å². The van der Waals surface area contributed by atoms with Gasteiger partial charge < -0.3 is 0 Å². The van der Waals surface area contributed by atoms with E-state index in [2.05, 4.69) is 28.0 Å². The molecule has 0 atom stereocenters. The minimum absolute atomic E-state index is 0.619. The summed E-state index contributed by atoms with van der Waals surface area (Å²) in [6.07, 6.45) is 5.53. The summed E-state index contributed by atoms with van der Waals surface area (Å²) in [6.45, 7) is 2.07. The lowest BCUT2D eigenvalue weighted by Gasteiger charge is -2.05. The molecule has 2 rings (SSSR count). The molecule has 0 saturated heterocycles. The molecule has 82 valence electrons. The molecule has 0 aliphatic carbocycles. The highest BCUT2D eigenvalue weighted by Gasteiger charge is 2.08. The maximum absolute atomic E-state index is 11.0. The molecule has 2 aromatic rings. The van der Waals surface area contributed by atoms with Crippen molar-refractivity contribution in [2.45, 2.75) is 13.3 Å². The predicted molar refractivity (Wildman–Crippen MR) is 66.0 cm³/mol. The minimum atomic E-state index is 0.619. The van der Waals surface area contributed by atoms with Crippen LogP contribution in [0.15, 0.2) is 35.1 Å². The summed E-state index contributed by atoms with van der Waals surface area (Å²) in [5.74, 6) is 0. The van der Waals surface area contributed by atoms with Gasteiger partial charge in [0.2, 0.25) is 0 Å². The number of carbonyl (C=O) groups excluding carboxylic acids is 1. The van der Waals surface area contributed by atoms with Crippen LogP contribution in [-0.2, 0) is 6.42 Å². The van der Waals surface area contributed by atoms with Gasteiger partial charge in [0.1, 0.15) is 0 Å². The van der Waals surface area contributed by atoms with Gasteiger partial charge in [0.05, 0.1) is 17.4 Å². The summed E-state index contributed by atoms with van der Waals surface area (Å²) >= 11 is 3.36. The zero-order valence-corrected chi connectivity index (χ0v) is 10.4. The first-order chi connectivity index (χ1) is 7.76. The van der Waals surface area contributed by atoms with Crippen LogP contribution >= 0.6 is 15.9 Å². The van der Waals surface area contributed by atoms with Gasteiger partial charge in [0, 0.05) is 10.7 Å². The molecule has 0 saturated carbocycles. The van der Waals surface area contributed by atoms with Crippen LogP contribution < -0.4 is 0 Å². The summed E-state index contributed by atoms with van der Waals surface area (Å²) in [4.78, 5) is 11.0. The Kier molecular flexibility index (Phi) is 3.19. The fourth-order valence-electron chi connectivity index (χ4n) is 1.52. The highest BCUT2D eigenvalue weighted by atomic mass is 79.9. The number of aromatic nitrogens is 2.